The second kappa shape index (κ2) is 6.89. The number of rotatable bonds is 5. The molecule has 126 valence electrons. The normalized spacial score (nSPS) is 30.2. The number of aliphatic hydroxyl groups excluding tert-OH is 1. The third-order valence-corrected chi connectivity index (χ3v) is 5.56. The van der Waals surface area contributed by atoms with Gasteiger partial charge in [-0.1, -0.05) is 12.1 Å². The van der Waals surface area contributed by atoms with Gasteiger partial charge in [-0.05, 0) is 55.7 Å². The molecule has 5 atom stereocenters. The van der Waals surface area contributed by atoms with Gasteiger partial charge in [-0.15, -0.1) is 0 Å². The summed E-state index contributed by atoms with van der Waals surface area (Å²) in [7, 11) is 1.67. The first-order valence-electron chi connectivity index (χ1n) is 8.43. The molecular weight excluding hydrogens is 292 g/mol. The largest absolute Gasteiger partial charge is 0.396 e. The van der Waals surface area contributed by atoms with E-state index in [1.807, 2.05) is 31.2 Å². The Morgan fingerprint density at radius 1 is 1.39 bits per heavy atom. The Kier molecular flexibility index (Phi) is 4.87. The van der Waals surface area contributed by atoms with Gasteiger partial charge < -0.3 is 20.5 Å². The lowest BCUT2D eigenvalue weighted by molar-refractivity contribution is 0.119. The van der Waals surface area contributed by atoms with Crippen LogP contribution in [0.3, 0.4) is 0 Å². The van der Waals surface area contributed by atoms with Gasteiger partial charge in [-0.3, -0.25) is 0 Å². The topological polar surface area (TPSA) is 70.6 Å². The molecular formula is C18H26N2O3. The van der Waals surface area contributed by atoms with Gasteiger partial charge in [0.1, 0.15) is 0 Å². The van der Waals surface area contributed by atoms with Crippen LogP contribution in [-0.4, -0.2) is 30.9 Å². The quantitative estimate of drug-likeness (QED) is 0.782. The number of methoxy groups -OCH3 is 1. The highest BCUT2D eigenvalue weighted by Gasteiger charge is 2.47. The standard InChI is InChI=1S/C18H26N2O3/c1-11(23-2)12-4-3-5-15(9-12)19-18(22)20-17-14-7-6-13(8-14)16(17)10-21/h3-5,9,11,13-14,16-17,21H,6-8,10H2,1-2H3,(H2,19,20,22). The number of anilines is 1. The summed E-state index contributed by atoms with van der Waals surface area (Å²) in [4.78, 5) is 12.3. The van der Waals surface area contributed by atoms with Crippen LogP contribution in [0, 0.1) is 17.8 Å². The molecule has 5 nitrogen and oxygen atoms in total. The van der Waals surface area contributed by atoms with Gasteiger partial charge in [0.15, 0.2) is 0 Å². The fourth-order valence-corrected chi connectivity index (χ4v) is 4.22. The number of urea groups is 1. The van der Waals surface area contributed by atoms with Gasteiger partial charge in [-0.25, -0.2) is 4.79 Å². The molecule has 0 radical (unpaired) electrons. The number of carbonyl (C=O) groups excluding carboxylic acids is 1. The number of hydrogen-bond donors (Lipinski definition) is 3. The molecule has 2 fully saturated rings. The molecule has 0 heterocycles. The first kappa shape index (κ1) is 16.3. The van der Waals surface area contributed by atoms with Crippen molar-refractivity contribution in [1.29, 1.82) is 0 Å². The predicted octanol–water partition coefficient (Wildman–Crippen LogP) is 2.92. The fraction of sp³-hybridized carbons (Fsp3) is 0.611. The summed E-state index contributed by atoms with van der Waals surface area (Å²) >= 11 is 0. The van der Waals surface area contributed by atoms with Crippen LogP contribution in [-0.2, 0) is 4.74 Å². The van der Waals surface area contributed by atoms with Crippen molar-refractivity contribution < 1.29 is 14.6 Å². The third kappa shape index (κ3) is 3.35. The summed E-state index contributed by atoms with van der Waals surface area (Å²) in [5.41, 5.74) is 1.78. The van der Waals surface area contributed by atoms with Crippen molar-refractivity contribution in [2.45, 2.75) is 38.3 Å². The van der Waals surface area contributed by atoms with E-state index in [2.05, 4.69) is 10.6 Å². The van der Waals surface area contributed by atoms with E-state index in [0.717, 1.165) is 24.1 Å². The third-order valence-electron chi connectivity index (χ3n) is 5.56. The number of nitrogens with one attached hydrogen (secondary N) is 2. The molecule has 23 heavy (non-hydrogen) atoms. The minimum absolute atomic E-state index is 0.0100. The molecule has 0 aliphatic heterocycles. The molecule has 3 N–H and O–H groups in total. The highest BCUT2D eigenvalue weighted by molar-refractivity contribution is 5.89. The van der Waals surface area contributed by atoms with Crippen molar-refractivity contribution in [2.75, 3.05) is 19.0 Å². The molecule has 2 aliphatic rings. The van der Waals surface area contributed by atoms with Crippen LogP contribution < -0.4 is 10.6 Å². The zero-order valence-electron chi connectivity index (χ0n) is 13.8. The molecule has 2 amide bonds. The summed E-state index contributed by atoms with van der Waals surface area (Å²) in [6.45, 7) is 2.13. The zero-order valence-corrected chi connectivity index (χ0v) is 13.8. The lowest BCUT2D eigenvalue weighted by Gasteiger charge is -2.30. The molecule has 5 unspecified atom stereocenters. The van der Waals surface area contributed by atoms with Crippen molar-refractivity contribution in [2.24, 2.45) is 17.8 Å². The molecule has 2 bridgehead atoms. The van der Waals surface area contributed by atoms with Crippen molar-refractivity contribution in [3.8, 4) is 0 Å². The van der Waals surface area contributed by atoms with Gasteiger partial charge in [-0.2, -0.15) is 0 Å². The van der Waals surface area contributed by atoms with Crippen LogP contribution >= 0.6 is 0 Å². The number of fused-ring (bicyclic) bond motifs is 2. The minimum Gasteiger partial charge on any atom is -0.396 e. The first-order valence-corrected chi connectivity index (χ1v) is 8.43. The van der Waals surface area contributed by atoms with E-state index in [9.17, 15) is 9.90 Å². The van der Waals surface area contributed by atoms with Crippen LogP contribution in [0.5, 0.6) is 0 Å². The van der Waals surface area contributed by atoms with Crippen molar-refractivity contribution in [3.63, 3.8) is 0 Å². The van der Waals surface area contributed by atoms with E-state index in [4.69, 9.17) is 4.74 Å². The lowest BCUT2D eigenvalue weighted by atomic mass is 9.85. The summed E-state index contributed by atoms with van der Waals surface area (Å²) in [5, 5.41) is 15.6. The van der Waals surface area contributed by atoms with Crippen LogP contribution in [0.15, 0.2) is 24.3 Å². The van der Waals surface area contributed by atoms with Gasteiger partial charge in [0.2, 0.25) is 0 Å². The predicted molar refractivity (Wildman–Crippen MR) is 89.2 cm³/mol. The molecule has 0 aromatic heterocycles. The van der Waals surface area contributed by atoms with Crippen molar-refractivity contribution >= 4 is 11.7 Å². The van der Waals surface area contributed by atoms with Gasteiger partial charge in [0.25, 0.3) is 0 Å². The maximum absolute atomic E-state index is 12.3. The molecule has 0 spiro atoms. The number of amides is 2. The van der Waals surface area contributed by atoms with Crippen LogP contribution in [0.25, 0.3) is 0 Å². The lowest BCUT2D eigenvalue weighted by Crippen LogP contribution is -2.46. The minimum atomic E-state index is -0.191. The Bertz CT molecular complexity index is 563. The second-order valence-electron chi connectivity index (χ2n) is 6.81. The van der Waals surface area contributed by atoms with Crippen molar-refractivity contribution in [3.05, 3.63) is 29.8 Å². The number of ether oxygens (including phenoxy) is 1. The summed E-state index contributed by atoms with van der Waals surface area (Å²) in [5.74, 6) is 1.29. The van der Waals surface area contributed by atoms with E-state index in [1.165, 1.54) is 6.42 Å². The van der Waals surface area contributed by atoms with E-state index in [0.29, 0.717) is 11.8 Å². The molecule has 2 saturated carbocycles. The monoisotopic (exact) mass is 318 g/mol. The summed E-state index contributed by atoms with van der Waals surface area (Å²) in [6.07, 6.45) is 3.47. The van der Waals surface area contributed by atoms with Crippen LogP contribution in [0.1, 0.15) is 37.9 Å². The Hall–Kier alpha value is -1.59. The van der Waals surface area contributed by atoms with Crippen LogP contribution in [0.4, 0.5) is 10.5 Å². The maximum atomic E-state index is 12.3. The van der Waals surface area contributed by atoms with Gasteiger partial charge >= 0.3 is 6.03 Å². The van der Waals surface area contributed by atoms with E-state index >= 15 is 0 Å². The average molecular weight is 318 g/mol. The Labute approximate surface area is 137 Å². The summed E-state index contributed by atoms with van der Waals surface area (Å²) in [6, 6.07) is 7.60. The molecule has 0 saturated heterocycles. The SMILES string of the molecule is COC(C)c1cccc(NC(=O)NC2C3CCC(C3)C2CO)c1. The Morgan fingerprint density at radius 2 is 2.17 bits per heavy atom. The van der Waals surface area contributed by atoms with Crippen LogP contribution in [0.2, 0.25) is 0 Å². The number of benzene rings is 1. The Balaban J connectivity index is 1.61. The molecule has 3 rings (SSSR count). The van der Waals surface area contributed by atoms with Gasteiger partial charge in [0, 0.05) is 31.4 Å². The van der Waals surface area contributed by atoms with E-state index in [1.54, 1.807) is 7.11 Å². The Morgan fingerprint density at radius 3 is 2.91 bits per heavy atom. The average Bonchev–Trinajstić information content (AvgIpc) is 3.15. The molecule has 2 aliphatic carbocycles. The zero-order chi connectivity index (χ0) is 16.4. The van der Waals surface area contributed by atoms with Gasteiger partial charge in [0.05, 0.1) is 6.10 Å². The highest BCUT2D eigenvalue weighted by Crippen LogP contribution is 2.48. The number of hydrogen-bond acceptors (Lipinski definition) is 3. The molecule has 1 aromatic carbocycles. The second-order valence-corrected chi connectivity index (χ2v) is 6.81. The summed E-state index contributed by atoms with van der Waals surface area (Å²) < 4.78 is 5.31. The fourth-order valence-electron chi connectivity index (χ4n) is 4.22. The maximum Gasteiger partial charge on any atom is 0.319 e. The smallest absolute Gasteiger partial charge is 0.319 e. The first-order chi connectivity index (χ1) is 11.1. The van der Waals surface area contributed by atoms with E-state index < -0.39 is 0 Å². The highest BCUT2D eigenvalue weighted by atomic mass is 16.5. The van der Waals surface area contributed by atoms with Crippen molar-refractivity contribution in [1.82, 2.24) is 5.32 Å². The van der Waals surface area contributed by atoms with E-state index in [-0.39, 0.29) is 30.7 Å². The molecule has 1 aromatic rings. The number of carbonyl (C=O) groups is 1. The number of aliphatic hydroxyl groups is 1. The molecule has 5 heteroatoms.